The minimum Gasteiger partial charge on any atom is -0.357 e. The van der Waals surface area contributed by atoms with Crippen LogP contribution in [-0.4, -0.2) is 44.8 Å². The number of hydrogen-bond acceptors (Lipinski definition) is 4. The molecule has 0 unspecified atom stereocenters. The number of amides is 2. The molecule has 1 atom stereocenters. The summed E-state index contributed by atoms with van der Waals surface area (Å²) in [4.78, 5) is 29.1. The number of carbonyl (C=O) groups is 2. The number of nitrogens with zero attached hydrogens (tertiary/aromatic N) is 2. The number of halogens is 2. The van der Waals surface area contributed by atoms with E-state index < -0.39 is 28.5 Å². The average molecular weight is 669 g/mol. The Kier molecular flexibility index (Phi) is 10.4. The van der Waals surface area contributed by atoms with Crippen molar-refractivity contribution < 1.29 is 18.0 Å². The van der Waals surface area contributed by atoms with Gasteiger partial charge in [-0.15, -0.1) is 0 Å². The third-order valence-corrected chi connectivity index (χ3v) is 9.50. The second kappa shape index (κ2) is 14.0. The number of rotatable bonds is 11. The van der Waals surface area contributed by atoms with Crippen molar-refractivity contribution in [2.75, 3.05) is 17.9 Å². The first-order chi connectivity index (χ1) is 20.1. The summed E-state index contributed by atoms with van der Waals surface area (Å²) in [6.45, 7) is 1.34. The lowest BCUT2D eigenvalue weighted by Crippen LogP contribution is -2.53. The van der Waals surface area contributed by atoms with Crippen LogP contribution in [0.4, 0.5) is 5.69 Å². The molecule has 0 aromatic heterocycles. The van der Waals surface area contributed by atoms with E-state index >= 15 is 0 Å². The number of hydrogen-bond donors (Lipinski definition) is 1. The predicted molar refractivity (Wildman–Crippen MR) is 170 cm³/mol. The molecule has 0 saturated heterocycles. The number of sulfonamides is 1. The molecule has 10 heteroatoms. The van der Waals surface area contributed by atoms with Gasteiger partial charge in [-0.2, -0.15) is 0 Å². The third-order valence-electron chi connectivity index (χ3n) is 6.81. The van der Waals surface area contributed by atoms with E-state index in [2.05, 4.69) is 21.2 Å². The molecule has 218 valence electrons. The molecule has 7 nitrogen and oxygen atoms in total. The summed E-state index contributed by atoms with van der Waals surface area (Å²) >= 11 is 9.88. The van der Waals surface area contributed by atoms with Crippen LogP contribution in [0.2, 0.25) is 5.02 Å². The summed E-state index contributed by atoms with van der Waals surface area (Å²) in [5.74, 6) is -0.909. The monoisotopic (exact) mass is 667 g/mol. The number of benzene rings is 4. The summed E-state index contributed by atoms with van der Waals surface area (Å²) in [6.07, 6.45) is 0.238. The van der Waals surface area contributed by atoms with Crippen molar-refractivity contribution in [1.29, 1.82) is 0 Å². The number of likely N-dealkylation sites (N-methyl/N-ethyl adjacent to an activating group) is 1. The Balaban J connectivity index is 1.80. The standard InChI is InChI=1S/C32H31BrClN3O4S/c1-23-16-17-27(20-29(23)34)37(42(40,41)28-14-7-4-8-15-28)22-31(38)36(21-25-12-9-13-26(33)18-25)30(32(39)35-2)19-24-10-5-3-6-11-24/h3-18,20,30H,19,21-22H2,1-2H3,(H,35,39)/t30-/m0/s1. The molecule has 1 N–H and O–H groups in total. The Morgan fingerprint density at radius 2 is 1.52 bits per heavy atom. The van der Waals surface area contributed by atoms with Crippen molar-refractivity contribution in [2.24, 2.45) is 0 Å². The molecule has 42 heavy (non-hydrogen) atoms. The minimum atomic E-state index is -4.18. The van der Waals surface area contributed by atoms with Gasteiger partial charge >= 0.3 is 0 Å². The maximum absolute atomic E-state index is 14.3. The van der Waals surface area contributed by atoms with Crippen LogP contribution in [0, 0.1) is 6.92 Å². The molecule has 0 saturated carbocycles. The molecule has 0 heterocycles. The topological polar surface area (TPSA) is 86.8 Å². The van der Waals surface area contributed by atoms with Crippen LogP contribution in [0.15, 0.2) is 112 Å². The van der Waals surface area contributed by atoms with Crippen LogP contribution in [0.25, 0.3) is 0 Å². The number of aryl methyl sites for hydroxylation is 1. The zero-order valence-electron chi connectivity index (χ0n) is 23.2. The van der Waals surface area contributed by atoms with Crippen LogP contribution in [0.1, 0.15) is 16.7 Å². The van der Waals surface area contributed by atoms with Crippen molar-refractivity contribution >= 4 is 55.1 Å². The maximum atomic E-state index is 14.3. The lowest BCUT2D eigenvalue weighted by molar-refractivity contribution is -0.139. The van der Waals surface area contributed by atoms with Gasteiger partial charge in [0.2, 0.25) is 11.8 Å². The molecule has 0 bridgehead atoms. The van der Waals surface area contributed by atoms with Gasteiger partial charge in [0.25, 0.3) is 10.0 Å². The van der Waals surface area contributed by atoms with E-state index in [0.717, 1.165) is 25.5 Å². The predicted octanol–water partition coefficient (Wildman–Crippen LogP) is 5.99. The first-order valence-corrected chi connectivity index (χ1v) is 15.8. The van der Waals surface area contributed by atoms with Crippen molar-refractivity contribution in [1.82, 2.24) is 10.2 Å². The first kappa shape index (κ1) is 31.3. The Morgan fingerprint density at radius 3 is 2.14 bits per heavy atom. The molecule has 2 amide bonds. The molecule has 4 aromatic carbocycles. The highest BCUT2D eigenvalue weighted by molar-refractivity contribution is 9.10. The van der Waals surface area contributed by atoms with Gasteiger partial charge in [-0.1, -0.05) is 94.3 Å². The van der Waals surface area contributed by atoms with Gasteiger partial charge in [-0.25, -0.2) is 8.42 Å². The molecule has 0 fully saturated rings. The van der Waals surface area contributed by atoms with Crippen molar-refractivity contribution in [3.63, 3.8) is 0 Å². The molecule has 4 rings (SSSR count). The van der Waals surface area contributed by atoms with Gasteiger partial charge in [0.1, 0.15) is 12.6 Å². The number of nitrogens with one attached hydrogen (secondary N) is 1. The lowest BCUT2D eigenvalue weighted by Gasteiger charge is -2.33. The fourth-order valence-electron chi connectivity index (χ4n) is 4.54. The molecule has 0 spiro atoms. The van der Waals surface area contributed by atoms with E-state index in [9.17, 15) is 18.0 Å². The number of carbonyl (C=O) groups excluding carboxylic acids is 2. The van der Waals surface area contributed by atoms with Crippen molar-refractivity contribution in [2.45, 2.75) is 30.8 Å². The summed E-state index contributed by atoms with van der Waals surface area (Å²) < 4.78 is 29.8. The Labute approximate surface area is 260 Å². The molecular formula is C32H31BrClN3O4S. The van der Waals surface area contributed by atoms with Gasteiger partial charge in [0, 0.05) is 29.5 Å². The van der Waals surface area contributed by atoms with Crippen LogP contribution in [0.3, 0.4) is 0 Å². The lowest BCUT2D eigenvalue weighted by atomic mass is 10.0. The van der Waals surface area contributed by atoms with Gasteiger partial charge in [-0.05, 0) is 60.0 Å². The molecule has 0 aliphatic carbocycles. The van der Waals surface area contributed by atoms with Gasteiger partial charge in [-0.3, -0.25) is 13.9 Å². The summed E-state index contributed by atoms with van der Waals surface area (Å²) in [5, 5.41) is 3.05. The maximum Gasteiger partial charge on any atom is 0.264 e. The van der Waals surface area contributed by atoms with Crippen LogP contribution in [0.5, 0.6) is 0 Å². The molecule has 0 aliphatic rings. The van der Waals surface area contributed by atoms with Crippen LogP contribution < -0.4 is 9.62 Å². The Bertz CT molecular complexity index is 1650. The second-order valence-corrected chi connectivity index (χ2v) is 12.9. The fourth-order valence-corrected chi connectivity index (χ4v) is 6.59. The molecular weight excluding hydrogens is 638 g/mol. The number of anilines is 1. The van der Waals surface area contributed by atoms with E-state index in [1.165, 1.54) is 30.1 Å². The van der Waals surface area contributed by atoms with Crippen molar-refractivity contribution in [3.05, 3.63) is 129 Å². The van der Waals surface area contributed by atoms with E-state index in [0.29, 0.717) is 5.02 Å². The largest absolute Gasteiger partial charge is 0.357 e. The zero-order valence-corrected chi connectivity index (χ0v) is 26.4. The Morgan fingerprint density at radius 1 is 0.881 bits per heavy atom. The first-order valence-electron chi connectivity index (χ1n) is 13.2. The van der Waals surface area contributed by atoms with Gasteiger partial charge < -0.3 is 10.2 Å². The Hall–Kier alpha value is -3.66. The third kappa shape index (κ3) is 7.59. The highest BCUT2D eigenvalue weighted by Crippen LogP contribution is 2.29. The normalized spacial score (nSPS) is 11.9. The summed E-state index contributed by atoms with van der Waals surface area (Å²) in [7, 11) is -2.67. The van der Waals surface area contributed by atoms with Crippen LogP contribution >= 0.6 is 27.5 Å². The molecule has 4 aromatic rings. The fraction of sp³-hybridized carbons (Fsp3) is 0.188. The second-order valence-electron chi connectivity index (χ2n) is 9.73. The summed E-state index contributed by atoms with van der Waals surface area (Å²) in [6, 6.07) is 28.7. The van der Waals surface area contributed by atoms with Gasteiger partial charge in [0.05, 0.1) is 10.6 Å². The van der Waals surface area contributed by atoms with Crippen LogP contribution in [-0.2, 0) is 32.6 Å². The highest BCUT2D eigenvalue weighted by atomic mass is 79.9. The van der Waals surface area contributed by atoms with E-state index in [4.69, 9.17) is 11.6 Å². The van der Waals surface area contributed by atoms with Crippen molar-refractivity contribution in [3.8, 4) is 0 Å². The molecule has 0 radical (unpaired) electrons. The van der Waals surface area contributed by atoms with E-state index in [1.807, 2.05) is 61.5 Å². The SMILES string of the molecule is CNC(=O)[C@H](Cc1ccccc1)N(Cc1cccc(Br)c1)C(=O)CN(c1ccc(C)c(Cl)c1)S(=O)(=O)c1ccccc1. The van der Waals surface area contributed by atoms with E-state index in [-0.39, 0.29) is 29.5 Å². The quantitative estimate of drug-likeness (QED) is 0.213. The zero-order chi connectivity index (χ0) is 30.3. The van der Waals surface area contributed by atoms with E-state index in [1.54, 1.807) is 30.3 Å². The minimum absolute atomic E-state index is 0.0279. The average Bonchev–Trinajstić information content (AvgIpc) is 2.99. The summed E-state index contributed by atoms with van der Waals surface area (Å²) in [5.41, 5.74) is 2.64. The smallest absolute Gasteiger partial charge is 0.264 e. The highest BCUT2D eigenvalue weighted by Gasteiger charge is 2.34. The molecule has 0 aliphatic heterocycles. The van der Waals surface area contributed by atoms with Gasteiger partial charge in [0.15, 0.2) is 0 Å².